The minimum atomic E-state index is -0.0483. The molecule has 3 aromatic carbocycles. The number of hydrogen-bond acceptors (Lipinski definition) is 1. The first kappa shape index (κ1) is 27.6. The monoisotopic (exact) mass is 533 g/mol. The van der Waals surface area contributed by atoms with Crippen LogP contribution in [0.25, 0.3) is 21.8 Å². The summed E-state index contributed by atoms with van der Waals surface area (Å²) in [6.07, 6.45) is 7.29. The van der Waals surface area contributed by atoms with Crippen LogP contribution in [0.3, 0.4) is 0 Å². The second-order valence-corrected chi connectivity index (χ2v) is 13.5. The Bertz CT molecular complexity index is 1670. The molecular weight excluding hydrogens is 490 g/mol. The second-order valence-electron chi connectivity index (χ2n) is 12.5. The van der Waals surface area contributed by atoms with Crippen LogP contribution in [0.15, 0.2) is 88.7 Å². The summed E-state index contributed by atoms with van der Waals surface area (Å²) < 4.78 is 2.41. The summed E-state index contributed by atoms with van der Waals surface area (Å²) in [6, 6.07) is 18.8. The van der Waals surface area contributed by atoms with Gasteiger partial charge in [0.2, 0.25) is 0 Å². The quantitative estimate of drug-likeness (QED) is 0.176. The Balaban J connectivity index is 1.72. The van der Waals surface area contributed by atoms with Gasteiger partial charge in [-0.15, -0.1) is 0 Å². The summed E-state index contributed by atoms with van der Waals surface area (Å²) in [6.45, 7) is 22.6. The molecule has 1 aromatic heterocycles. The molecule has 0 saturated heterocycles. The van der Waals surface area contributed by atoms with Crippen LogP contribution in [0, 0.1) is 12.8 Å². The lowest BCUT2D eigenvalue weighted by Crippen LogP contribution is -2.36. The minimum Gasteiger partial charge on any atom is -0.344 e. The van der Waals surface area contributed by atoms with Gasteiger partial charge in [-0.1, -0.05) is 102 Å². The van der Waals surface area contributed by atoms with E-state index >= 15 is 0 Å². The molecule has 1 nitrogen and oxygen atoms in total. The Labute approximate surface area is 239 Å². The molecule has 39 heavy (non-hydrogen) atoms. The van der Waals surface area contributed by atoms with Crippen molar-refractivity contribution in [2.45, 2.75) is 77.5 Å². The highest BCUT2D eigenvalue weighted by Gasteiger charge is 2.41. The predicted octanol–water partition coefficient (Wildman–Crippen LogP) is 10.8. The fraction of sp³-hybridized carbons (Fsp3) is 0.351. The molecule has 0 N–H and O–H groups in total. The summed E-state index contributed by atoms with van der Waals surface area (Å²) in [5, 5.41) is 2.70. The first-order chi connectivity index (χ1) is 18.4. The van der Waals surface area contributed by atoms with Crippen molar-refractivity contribution in [1.29, 1.82) is 0 Å². The van der Waals surface area contributed by atoms with Gasteiger partial charge in [0.15, 0.2) is 0 Å². The summed E-state index contributed by atoms with van der Waals surface area (Å²) >= 11 is 1.89. The van der Waals surface area contributed by atoms with E-state index < -0.39 is 0 Å². The Kier molecular flexibility index (Phi) is 7.00. The Morgan fingerprint density at radius 1 is 0.923 bits per heavy atom. The molecule has 1 heterocycles. The molecule has 0 fully saturated rings. The normalized spacial score (nSPS) is 17.3. The molecular formula is C37H43NS. The molecule has 0 bridgehead atoms. The molecule has 0 saturated carbocycles. The molecule has 202 valence electrons. The Morgan fingerprint density at radius 2 is 1.49 bits per heavy atom. The maximum atomic E-state index is 3.90. The smallest absolute Gasteiger partial charge is 0.0500 e. The summed E-state index contributed by atoms with van der Waals surface area (Å²) in [7, 11) is 2.23. The van der Waals surface area contributed by atoms with Crippen molar-refractivity contribution in [1.82, 2.24) is 4.57 Å². The first-order valence-corrected chi connectivity index (χ1v) is 15.1. The zero-order valence-electron chi connectivity index (χ0n) is 25.2. The zero-order valence-corrected chi connectivity index (χ0v) is 26.0. The SMILES string of the molecule is C=C/C=C\C(Sc1cc2c(cc1C)c1cc3c(cc1n2C)C(C)(C)c1ccccc1C3(C)C)=C(/C)C(C)CC. The maximum Gasteiger partial charge on any atom is 0.0500 e. The van der Waals surface area contributed by atoms with Crippen LogP contribution >= 0.6 is 11.8 Å². The van der Waals surface area contributed by atoms with Gasteiger partial charge in [0.05, 0.1) is 0 Å². The fourth-order valence-electron chi connectivity index (χ4n) is 6.46. The number of benzene rings is 3. The Hall–Kier alpha value is -2.97. The number of rotatable bonds is 6. The van der Waals surface area contributed by atoms with Crippen LogP contribution in [-0.4, -0.2) is 4.57 Å². The molecule has 0 amide bonds. The number of aromatic nitrogens is 1. The molecule has 0 radical (unpaired) electrons. The molecule has 0 aliphatic heterocycles. The predicted molar refractivity (Wildman–Crippen MR) is 173 cm³/mol. The lowest BCUT2D eigenvalue weighted by molar-refractivity contribution is 0.521. The average Bonchev–Trinajstić information content (AvgIpc) is 3.18. The van der Waals surface area contributed by atoms with Crippen molar-refractivity contribution in [2.75, 3.05) is 0 Å². The third-order valence-electron chi connectivity index (χ3n) is 9.41. The topological polar surface area (TPSA) is 4.93 Å². The van der Waals surface area contributed by atoms with E-state index in [0.717, 1.165) is 6.42 Å². The van der Waals surface area contributed by atoms with Crippen molar-refractivity contribution in [3.63, 3.8) is 0 Å². The van der Waals surface area contributed by atoms with Gasteiger partial charge >= 0.3 is 0 Å². The number of nitrogens with zero attached hydrogens (tertiary/aromatic N) is 1. The number of thioether (sulfide) groups is 1. The van der Waals surface area contributed by atoms with Crippen LogP contribution in [0.2, 0.25) is 0 Å². The highest BCUT2D eigenvalue weighted by molar-refractivity contribution is 8.03. The molecule has 4 aromatic rings. The van der Waals surface area contributed by atoms with Gasteiger partial charge in [-0.05, 0) is 84.3 Å². The van der Waals surface area contributed by atoms with Crippen LogP contribution in [-0.2, 0) is 17.9 Å². The van der Waals surface area contributed by atoms with Gasteiger partial charge in [-0.2, -0.15) is 0 Å². The van der Waals surface area contributed by atoms with Crippen LogP contribution in [0.4, 0.5) is 0 Å². The van der Waals surface area contributed by atoms with Crippen LogP contribution < -0.4 is 0 Å². The van der Waals surface area contributed by atoms with Crippen molar-refractivity contribution in [3.8, 4) is 0 Å². The highest BCUT2D eigenvalue weighted by Crippen LogP contribution is 2.51. The van der Waals surface area contributed by atoms with Gasteiger partial charge in [0.1, 0.15) is 0 Å². The van der Waals surface area contributed by atoms with E-state index in [2.05, 4.69) is 134 Å². The van der Waals surface area contributed by atoms with E-state index in [1.165, 1.54) is 65.0 Å². The lowest BCUT2D eigenvalue weighted by Gasteiger charge is -2.44. The van der Waals surface area contributed by atoms with Crippen LogP contribution in [0.1, 0.15) is 82.7 Å². The number of hydrogen-bond donors (Lipinski definition) is 0. The van der Waals surface area contributed by atoms with Crippen molar-refractivity contribution in [3.05, 3.63) is 112 Å². The lowest BCUT2D eigenvalue weighted by atomic mass is 9.60. The van der Waals surface area contributed by atoms with E-state index in [1.807, 2.05) is 17.8 Å². The van der Waals surface area contributed by atoms with Crippen LogP contribution in [0.5, 0.6) is 0 Å². The standard InChI is InChI=1S/C37H43NS/c1-11-13-18-34(25(5)23(3)12-2)39-35-22-33-26(19-24(35)4)27-20-30-31(21-32(27)38(33)10)37(8,9)29-17-15-14-16-28(29)36(30,6)7/h11,13-23H,1,12H2,2-10H3/b18-13-,34-25-. The number of aryl methyl sites for hydroxylation is 2. The van der Waals surface area contributed by atoms with E-state index in [-0.39, 0.29) is 10.8 Å². The fourth-order valence-corrected chi connectivity index (χ4v) is 7.59. The Morgan fingerprint density at radius 3 is 2.08 bits per heavy atom. The van der Waals surface area contributed by atoms with E-state index in [0.29, 0.717) is 5.92 Å². The third-order valence-corrected chi connectivity index (χ3v) is 10.7. The van der Waals surface area contributed by atoms with Gasteiger partial charge < -0.3 is 4.57 Å². The van der Waals surface area contributed by atoms with E-state index in [1.54, 1.807) is 0 Å². The van der Waals surface area contributed by atoms with E-state index in [4.69, 9.17) is 0 Å². The third kappa shape index (κ3) is 4.32. The first-order valence-electron chi connectivity index (χ1n) is 14.3. The minimum absolute atomic E-state index is 0.0479. The van der Waals surface area contributed by atoms with E-state index in [9.17, 15) is 0 Å². The second kappa shape index (κ2) is 9.89. The summed E-state index contributed by atoms with van der Waals surface area (Å²) in [5.74, 6) is 0.547. The zero-order chi connectivity index (χ0) is 28.3. The van der Waals surface area contributed by atoms with Gasteiger partial charge in [-0.3, -0.25) is 0 Å². The molecule has 2 heteroatoms. The van der Waals surface area contributed by atoms with Gasteiger partial charge in [0.25, 0.3) is 0 Å². The van der Waals surface area contributed by atoms with Crippen molar-refractivity contribution >= 4 is 33.6 Å². The summed E-state index contributed by atoms with van der Waals surface area (Å²) in [4.78, 5) is 2.64. The molecule has 1 unspecified atom stereocenters. The van der Waals surface area contributed by atoms with Gasteiger partial charge in [-0.25, -0.2) is 0 Å². The largest absolute Gasteiger partial charge is 0.344 e. The molecule has 0 spiro atoms. The van der Waals surface area contributed by atoms with Crippen molar-refractivity contribution < 1.29 is 0 Å². The molecule has 1 aliphatic carbocycles. The molecule has 1 atom stereocenters. The average molecular weight is 534 g/mol. The summed E-state index contributed by atoms with van der Waals surface area (Å²) in [5.41, 5.74) is 11.1. The van der Waals surface area contributed by atoms with Crippen molar-refractivity contribution in [2.24, 2.45) is 13.0 Å². The molecule has 1 aliphatic rings. The highest BCUT2D eigenvalue weighted by atomic mass is 32.2. The molecule has 5 rings (SSSR count). The number of fused-ring (bicyclic) bond motifs is 5. The van der Waals surface area contributed by atoms with Gasteiger partial charge in [0, 0.05) is 49.5 Å². The maximum absolute atomic E-state index is 3.90. The number of allylic oxidation sites excluding steroid dienone is 4.